The van der Waals surface area contributed by atoms with E-state index < -0.39 is 11.5 Å². The Balaban J connectivity index is 1.93. The molecule has 1 N–H and O–H groups in total. The highest BCUT2D eigenvalue weighted by Gasteiger charge is 2.44. The van der Waals surface area contributed by atoms with Gasteiger partial charge in [-0.3, -0.25) is 4.79 Å². The van der Waals surface area contributed by atoms with Gasteiger partial charge < -0.3 is 9.84 Å². The van der Waals surface area contributed by atoms with Crippen molar-refractivity contribution in [2.24, 2.45) is 11.3 Å². The maximum atomic E-state index is 13.9. The molecule has 2 rings (SSSR count). The third-order valence-corrected chi connectivity index (χ3v) is 7.94. The van der Waals surface area contributed by atoms with Crippen LogP contribution in [0.15, 0.2) is 36.9 Å². The van der Waals surface area contributed by atoms with Crippen LogP contribution in [-0.2, 0) is 22.4 Å². The summed E-state index contributed by atoms with van der Waals surface area (Å²) in [5, 5.41) is 10.9. The van der Waals surface area contributed by atoms with E-state index in [1.165, 1.54) is 6.08 Å². The predicted octanol–water partition coefficient (Wildman–Crippen LogP) is 7.10. The minimum atomic E-state index is -2.76. The van der Waals surface area contributed by atoms with Gasteiger partial charge in [-0.25, -0.2) is 8.78 Å². The largest absolute Gasteiger partial charge is 0.390 e. The fourth-order valence-corrected chi connectivity index (χ4v) is 5.41. The number of aliphatic hydroxyl groups is 1. The lowest BCUT2D eigenvalue weighted by Gasteiger charge is -2.43. The lowest BCUT2D eigenvalue weighted by molar-refractivity contribution is -0.133. The normalized spacial score (nSPS) is 24.1. The van der Waals surface area contributed by atoms with Crippen LogP contribution in [0.4, 0.5) is 8.78 Å². The first-order valence-corrected chi connectivity index (χ1v) is 12.9. The van der Waals surface area contributed by atoms with Gasteiger partial charge in [0.15, 0.2) is 0 Å². The Labute approximate surface area is 205 Å². The highest BCUT2D eigenvalue weighted by molar-refractivity contribution is 5.82. The molecule has 3 nitrogen and oxygen atoms in total. The lowest BCUT2D eigenvalue weighted by atomic mass is 9.63. The molecular weight excluding hydrogens is 434 g/mol. The standard InChI is InChI=1S/C29H44F2O3/c1-5-13-29(30,31)22-26-10-8-25(9-11-26)21-24(6-2)12-15-27(23(3)32)16-18-28(33,19-17-27)14-7-20-34-4/h5,8-11,24,33H,1,6-7,12-22H2,2-4H3. The summed E-state index contributed by atoms with van der Waals surface area (Å²) >= 11 is 0. The molecule has 0 bridgehead atoms. The maximum absolute atomic E-state index is 13.9. The second-order valence-electron chi connectivity index (χ2n) is 10.5. The van der Waals surface area contributed by atoms with Gasteiger partial charge in [0.05, 0.1) is 5.60 Å². The zero-order chi connectivity index (χ0) is 25.2. The first-order chi connectivity index (χ1) is 16.1. The third-order valence-electron chi connectivity index (χ3n) is 7.94. The monoisotopic (exact) mass is 478 g/mol. The molecular formula is C29H44F2O3. The molecule has 1 aliphatic carbocycles. The minimum absolute atomic E-state index is 0.242. The van der Waals surface area contributed by atoms with Gasteiger partial charge in [0, 0.05) is 32.0 Å². The molecule has 1 fully saturated rings. The quantitative estimate of drug-likeness (QED) is 0.216. The van der Waals surface area contributed by atoms with Crippen LogP contribution in [0.25, 0.3) is 0 Å². The number of hydrogen-bond acceptors (Lipinski definition) is 3. The van der Waals surface area contributed by atoms with Crippen LogP contribution in [0.1, 0.15) is 89.2 Å². The Bertz CT molecular complexity index is 764. The fourth-order valence-electron chi connectivity index (χ4n) is 5.41. The van der Waals surface area contributed by atoms with Crippen molar-refractivity contribution in [3.8, 4) is 0 Å². The van der Waals surface area contributed by atoms with Gasteiger partial charge >= 0.3 is 0 Å². The molecule has 0 radical (unpaired) electrons. The summed E-state index contributed by atoms with van der Waals surface area (Å²) in [6.07, 6.45) is 8.78. The molecule has 0 aromatic heterocycles. The second-order valence-corrected chi connectivity index (χ2v) is 10.5. The van der Waals surface area contributed by atoms with Crippen LogP contribution in [-0.4, -0.2) is 36.1 Å². The number of Topliss-reactive ketones (excluding diaryl/α,β-unsaturated/α-hetero) is 1. The van der Waals surface area contributed by atoms with Crippen LogP contribution in [0.3, 0.4) is 0 Å². The SMILES string of the molecule is C=CCC(F)(F)Cc1ccc(CC(CC)CCC2(C(C)=O)CCC(O)(CCCOC)CC2)cc1. The van der Waals surface area contributed by atoms with Crippen molar-refractivity contribution in [1.29, 1.82) is 0 Å². The molecule has 0 aliphatic heterocycles. The Hall–Kier alpha value is -1.59. The average Bonchev–Trinajstić information content (AvgIpc) is 2.79. The van der Waals surface area contributed by atoms with Crippen LogP contribution >= 0.6 is 0 Å². The topological polar surface area (TPSA) is 46.5 Å². The summed E-state index contributed by atoms with van der Waals surface area (Å²) in [6.45, 7) is 7.94. The molecule has 0 spiro atoms. The van der Waals surface area contributed by atoms with E-state index in [4.69, 9.17) is 4.74 Å². The van der Waals surface area contributed by atoms with Crippen molar-refractivity contribution < 1.29 is 23.4 Å². The van der Waals surface area contributed by atoms with Crippen molar-refractivity contribution in [3.63, 3.8) is 0 Å². The maximum Gasteiger partial charge on any atom is 0.255 e. The van der Waals surface area contributed by atoms with Gasteiger partial charge in [0.2, 0.25) is 0 Å². The molecule has 0 amide bonds. The minimum Gasteiger partial charge on any atom is -0.390 e. The Morgan fingerprint density at radius 1 is 1.18 bits per heavy atom. The number of allylic oxidation sites excluding steroid dienone is 1. The Kier molecular flexibility index (Phi) is 10.9. The number of methoxy groups -OCH3 is 1. The van der Waals surface area contributed by atoms with Crippen molar-refractivity contribution in [3.05, 3.63) is 48.0 Å². The summed E-state index contributed by atoms with van der Waals surface area (Å²) in [4.78, 5) is 12.7. The average molecular weight is 479 g/mol. The summed E-state index contributed by atoms with van der Waals surface area (Å²) < 4.78 is 32.8. The molecule has 192 valence electrons. The Morgan fingerprint density at radius 3 is 2.32 bits per heavy atom. The van der Waals surface area contributed by atoms with Crippen molar-refractivity contribution in [1.82, 2.24) is 0 Å². The van der Waals surface area contributed by atoms with Gasteiger partial charge in [0.25, 0.3) is 5.92 Å². The molecule has 5 heteroatoms. The molecule has 1 aliphatic rings. The van der Waals surface area contributed by atoms with E-state index in [9.17, 15) is 18.7 Å². The van der Waals surface area contributed by atoms with Crippen LogP contribution < -0.4 is 0 Å². The summed E-state index contributed by atoms with van der Waals surface area (Å²) in [7, 11) is 1.67. The van der Waals surface area contributed by atoms with Gasteiger partial charge in [-0.1, -0.05) is 43.7 Å². The van der Waals surface area contributed by atoms with E-state index in [0.717, 1.165) is 56.9 Å². The summed E-state index contributed by atoms with van der Waals surface area (Å²) in [6, 6.07) is 7.54. The predicted molar refractivity (Wildman–Crippen MR) is 134 cm³/mol. The molecule has 0 saturated heterocycles. The number of ketones is 1. The Morgan fingerprint density at radius 2 is 1.79 bits per heavy atom. The van der Waals surface area contributed by atoms with E-state index in [-0.39, 0.29) is 24.0 Å². The molecule has 0 heterocycles. The van der Waals surface area contributed by atoms with Crippen LogP contribution in [0, 0.1) is 11.3 Å². The first-order valence-electron chi connectivity index (χ1n) is 12.9. The number of rotatable bonds is 15. The van der Waals surface area contributed by atoms with Crippen LogP contribution in [0.2, 0.25) is 0 Å². The van der Waals surface area contributed by atoms with E-state index in [0.29, 0.717) is 30.9 Å². The number of benzene rings is 1. The van der Waals surface area contributed by atoms with Gasteiger partial charge in [-0.05, 0) is 81.8 Å². The number of hydrogen-bond donors (Lipinski definition) is 1. The highest BCUT2D eigenvalue weighted by atomic mass is 19.3. The molecule has 1 atom stereocenters. The lowest BCUT2D eigenvalue weighted by Crippen LogP contribution is -2.42. The van der Waals surface area contributed by atoms with Gasteiger partial charge in [0.1, 0.15) is 5.78 Å². The molecule has 34 heavy (non-hydrogen) atoms. The van der Waals surface area contributed by atoms with E-state index >= 15 is 0 Å². The molecule has 1 aromatic carbocycles. The molecule has 1 aromatic rings. The zero-order valence-electron chi connectivity index (χ0n) is 21.4. The first kappa shape index (κ1) is 28.6. The van der Waals surface area contributed by atoms with Crippen molar-refractivity contribution in [2.45, 2.75) is 102 Å². The number of ether oxygens (including phenoxy) is 1. The van der Waals surface area contributed by atoms with E-state index in [1.54, 1.807) is 14.0 Å². The number of halogens is 2. The van der Waals surface area contributed by atoms with Gasteiger partial charge in [-0.2, -0.15) is 0 Å². The van der Waals surface area contributed by atoms with Crippen molar-refractivity contribution >= 4 is 5.78 Å². The zero-order valence-corrected chi connectivity index (χ0v) is 21.4. The van der Waals surface area contributed by atoms with E-state index in [2.05, 4.69) is 13.5 Å². The van der Waals surface area contributed by atoms with Gasteiger partial charge in [-0.15, -0.1) is 6.58 Å². The number of carbonyl (C=O) groups excluding carboxylic acids is 1. The summed E-state index contributed by atoms with van der Waals surface area (Å²) in [5.74, 6) is -2.08. The number of alkyl halides is 2. The fraction of sp³-hybridized carbons (Fsp3) is 0.690. The molecule has 1 unspecified atom stereocenters. The number of carbonyl (C=O) groups is 1. The third kappa shape index (κ3) is 8.57. The van der Waals surface area contributed by atoms with E-state index in [1.807, 2.05) is 24.3 Å². The smallest absolute Gasteiger partial charge is 0.255 e. The highest BCUT2D eigenvalue weighted by Crippen LogP contribution is 2.47. The summed E-state index contributed by atoms with van der Waals surface area (Å²) in [5.41, 5.74) is 0.780. The van der Waals surface area contributed by atoms with Crippen LogP contribution in [0.5, 0.6) is 0 Å². The molecule has 1 saturated carbocycles. The second kappa shape index (κ2) is 12.9. The van der Waals surface area contributed by atoms with Crippen molar-refractivity contribution in [2.75, 3.05) is 13.7 Å².